The molecule has 1 aromatic rings. The largest absolute Gasteiger partial charge is 0.434 e. The van der Waals surface area contributed by atoms with E-state index in [-0.39, 0.29) is 12.0 Å². The second-order valence-corrected chi connectivity index (χ2v) is 7.31. The molecule has 1 aromatic carbocycles. The van der Waals surface area contributed by atoms with Crippen LogP contribution < -0.4 is 0 Å². The lowest BCUT2D eigenvalue weighted by molar-refractivity contribution is -0.169. The molecule has 0 saturated carbocycles. The lowest BCUT2D eigenvalue weighted by Crippen LogP contribution is -2.43. The zero-order chi connectivity index (χ0) is 20.7. The standard InChI is InChI=1S/C22H28N2O4/c1-16(2)18(4)21(26)24(15-25)28-22(27)23-13-11-20(12-14-23)10-9-19-7-5-17(3)6-8-19/h5-8,15,20H,1,4,9-14H2,2-3H3. The van der Waals surface area contributed by atoms with Crippen LogP contribution in [0.4, 0.5) is 4.79 Å². The van der Waals surface area contributed by atoms with Gasteiger partial charge in [-0.3, -0.25) is 9.59 Å². The quantitative estimate of drug-likeness (QED) is 0.324. The number of likely N-dealkylation sites (tertiary alicyclic amines) is 1. The SMILES string of the molecule is C=C(C)C(=C)C(=O)N(C=O)OC(=O)N1CCC(CCc2ccc(C)cc2)CC1. The second kappa shape index (κ2) is 9.88. The smallest absolute Gasteiger partial charge is 0.311 e. The van der Waals surface area contributed by atoms with Crippen LogP contribution in [0, 0.1) is 12.8 Å². The highest BCUT2D eigenvalue weighted by Crippen LogP contribution is 2.23. The average molecular weight is 384 g/mol. The van der Waals surface area contributed by atoms with E-state index in [0.717, 1.165) is 25.7 Å². The Balaban J connectivity index is 1.79. The van der Waals surface area contributed by atoms with Crippen LogP contribution in [0.3, 0.4) is 0 Å². The van der Waals surface area contributed by atoms with Crippen LogP contribution in [0.25, 0.3) is 0 Å². The van der Waals surface area contributed by atoms with Crippen LogP contribution in [0.2, 0.25) is 0 Å². The number of hydrogen-bond donors (Lipinski definition) is 0. The monoisotopic (exact) mass is 384 g/mol. The van der Waals surface area contributed by atoms with E-state index in [1.807, 2.05) is 0 Å². The summed E-state index contributed by atoms with van der Waals surface area (Å²) in [7, 11) is 0. The van der Waals surface area contributed by atoms with E-state index in [1.165, 1.54) is 16.0 Å². The fraction of sp³-hybridized carbons (Fsp3) is 0.409. The molecule has 6 heteroatoms. The Labute approximate surface area is 166 Å². The third kappa shape index (κ3) is 5.81. The number of aryl methyl sites for hydroxylation is 2. The van der Waals surface area contributed by atoms with Gasteiger partial charge in [-0.15, -0.1) is 0 Å². The summed E-state index contributed by atoms with van der Waals surface area (Å²) in [5, 5.41) is 0.378. The Morgan fingerprint density at radius 2 is 1.82 bits per heavy atom. The molecule has 0 aromatic heterocycles. The molecule has 0 spiro atoms. The van der Waals surface area contributed by atoms with Crippen molar-refractivity contribution in [3.8, 4) is 0 Å². The minimum Gasteiger partial charge on any atom is -0.311 e. The highest BCUT2D eigenvalue weighted by atomic mass is 16.7. The van der Waals surface area contributed by atoms with E-state index in [0.29, 0.717) is 29.6 Å². The zero-order valence-corrected chi connectivity index (χ0v) is 16.6. The van der Waals surface area contributed by atoms with E-state index in [9.17, 15) is 14.4 Å². The summed E-state index contributed by atoms with van der Waals surface area (Å²) in [6, 6.07) is 8.56. The number of nitrogens with zero attached hydrogens (tertiary/aromatic N) is 2. The maximum Gasteiger partial charge on any atom is 0.434 e. The summed E-state index contributed by atoms with van der Waals surface area (Å²) in [5.41, 5.74) is 3.01. The molecule has 1 saturated heterocycles. The Kier molecular flexibility index (Phi) is 7.55. The van der Waals surface area contributed by atoms with Crippen molar-refractivity contribution in [2.45, 2.75) is 39.5 Å². The average Bonchev–Trinajstić information content (AvgIpc) is 2.70. The molecular weight excluding hydrogens is 356 g/mol. The summed E-state index contributed by atoms with van der Waals surface area (Å²) in [4.78, 5) is 41.9. The molecule has 3 amide bonds. The zero-order valence-electron chi connectivity index (χ0n) is 16.6. The van der Waals surface area contributed by atoms with Crippen molar-refractivity contribution in [2.24, 2.45) is 5.92 Å². The molecular formula is C22H28N2O4. The number of carbonyl (C=O) groups is 3. The van der Waals surface area contributed by atoms with Crippen LogP contribution in [-0.4, -0.2) is 41.5 Å². The first-order valence-corrected chi connectivity index (χ1v) is 9.48. The summed E-state index contributed by atoms with van der Waals surface area (Å²) in [6.45, 7) is 11.9. The van der Waals surface area contributed by atoms with Crippen molar-refractivity contribution >= 4 is 18.4 Å². The highest BCUT2D eigenvalue weighted by Gasteiger charge is 2.28. The van der Waals surface area contributed by atoms with Crippen molar-refractivity contribution in [1.29, 1.82) is 0 Å². The van der Waals surface area contributed by atoms with Gasteiger partial charge in [-0.2, -0.15) is 0 Å². The number of hydroxylamine groups is 2. The highest BCUT2D eigenvalue weighted by molar-refractivity contribution is 6.01. The first kappa shape index (κ1) is 21.4. The van der Waals surface area contributed by atoms with Crippen molar-refractivity contribution < 1.29 is 19.2 Å². The fourth-order valence-electron chi connectivity index (χ4n) is 3.10. The van der Waals surface area contributed by atoms with Gasteiger partial charge >= 0.3 is 6.09 Å². The summed E-state index contributed by atoms with van der Waals surface area (Å²) in [5.74, 6) is -0.249. The first-order chi connectivity index (χ1) is 13.3. The van der Waals surface area contributed by atoms with Crippen LogP contribution in [0.15, 0.2) is 48.6 Å². The van der Waals surface area contributed by atoms with Crippen molar-refractivity contribution in [1.82, 2.24) is 9.96 Å². The van der Waals surface area contributed by atoms with Gasteiger partial charge in [-0.05, 0) is 56.6 Å². The van der Waals surface area contributed by atoms with Gasteiger partial charge in [-0.25, -0.2) is 4.79 Å². The van der Waals surface area contributed by atoms with E-state index in [4.69, 9.17) is 4.84 Å². The summed E-state index contributed by atoms with van der Waals surface area (Å²) in [6.07, 6.45) is 3.30. The van der Waals surface area contributed by atoms with Crippen molar-refractivity contribution in [2.75, 3.05) is 13.1 Å². The molecule has 150 valence electrons. The number of hydrogen-bond acceptors (Lipinski definition) is 4. The predicted molar refractivity (Wildman–Crippen MR) is 107 cm³/mol. The van der Waals surface area contributed by atoms with Gasteiger partial charge in [0.05, 0.1) is 0 Å². The molecule has 0 radical (unpaired) electrons. The molecule has 0 bridgehead atoms. The van der Waals surface area contributed by atoms with Crippen LogP contribution in [0.5, 0.6) is 0 Å². The van der Waals surface area contributed by atoms with Gasteiger partial charge in [0.25, 0.3) is 12.3 Å². The molecule has 28 heavy (non-hydrogen) atoms. The van der Waals surface area contributed by atoms with Crippen molar-refractivity contribution in [3.05, 3.63) is 59.7 Å². The lowest BCUT2D eigenvalue weighted by Gasteiger charge is -2.31. The fourth-order valence-corrected chi connectivity index (χ4v) is 3.10. The minimum atomic E-state index is -0.788. The van der Waals surface area contributed by atoms with E-state index in [1.54, 1.807) is 6.92 Å². The van der Waals surface area contributed by atoms with Gasteiger partial charge in [-0.1, -0.05) is 48.1 Å². The number of carbonyl (C=O) groups excluding carboxylic acids is 3. The van der Waals surface area contributed by atoms with Gasteiger partial charge in [0.1, 0.15) is 0 Å². The number of benzene rings is 1. The topological polar surface area (TPSA) is 66.9 Å². The predicted octanol–water partition coefficient (Wildman–Crippen LogP) is 3.81. The third-order valence-electron chi connectivity index (χ3n) is 5.08. The molecule has 0 N–H and O–H groups in total. The molecule has 1 heterocycles. The molecule has 0 unspecified atom stereocenters. The molecule has 1 fully saturated rings. The third-order valence-corrected chi connectivity index (χ3v) is 5.08. The summed E-state index contributed by atoms with van der Waals surface area (Å²) < 4.78 is 0. The van der Waals surface area contributed by atoms with Crippen LogP contribution >= 0.6 is 0 Å². The van der Waals surface area contributed by atoms with Crippen molar-refractivity contribution in [3.63, 3.8) is 0 Å². The number of imide groups is 1. The Morgan fingerprint density at radius 3 is 2.36 bits per heavy atom. The first-order valence-electron chi connectivity index (χ1n) is 9.48. The maximum atomic E-state index is 12.3. The normalized spacial score (nSPS) is 14.3. The Bertz CT molecular complexity index is 746. The van der Waals surface area contributed by atoms with E-state index < -0.39 is 12.0 Å². The second-order valence-electron chi connectivity index (χ2n) is 7.31. The van der Waals surface area contributed by atoms with Gasteiger partial charge in [0, 0.05) is 18.7 Å². The number of amides is 3. The minimum absolute atomic E-state index is 0.0229. The van der Waals surface area contributed by atoms with E-state index >= 15 is 0 Å². The maximum absolute atomic E-state index is 12.3. The van der Waals surface area contributed by atoms with E-state index in [2.05, 4.69) is 44.3 Å². The molecule has 1 aliphatic heterocycles. The number of rotatable bonds is 6. The lowest BCUT2D eigenvalue weighted by atomic mass is 9.90. The number of piperidine rings is 1. The molecule has 1 aliphatic rings. The van der Waals surface area contributed by atoms with Gasteiger partial charge < -0.3 is 9.74 Å². The molecule has 2 rings (SSSR count). The van der Waals surface area contributed by atoms with Crippen LogP contribution in [-0.2, 0) is 20.8 Å². The van der Waals surface area contributed by atoms with Crippen LogP contribution in [0.1, 0.15) is 37.3 Å². The van der Waals surface area contributed by atoms with Gasteiger partial charge in [0.15, 0.2) is 0 Å². The van der Waals surface area contributed by atoms with Gasteiger partial charge in [0.2, 0.25) is 0 Å². The molecule has 6 nitrogen and oxygen atoms in total. The Hall–Kier alpha value is -2.89. The molecule has 0 aliphatic carbocycles. The Morgan fingerprint density at radius 1 is 1.21 bits per heavy atom. The molecule has 0 atom stereocenters. The summed E-state index contributed by atoms with van der Waals surface area (Å²) >= 11 is 0.